The highest BCUT2D eigenvalue weighted by molar-refractivity contribution is 7.89. The Labute approximate surface area is 161 Å². The molecule has 2 aliphatic heterocycles. The fraction of sp³-hybridized carbons (Fsp3) is 0.611. The summed E-state index contributed by atoms with van der Waals surface area (Å²) < 4.78 is 27.5. The maximum Gasteiger partial charge on any atom is 0.253 e. The van der Waals surface area contributed by atoms with Gasteiger partial charge in [-0.25, -0.2) is 13.1 Å². The van der Waals surface area contributed by atoms with Crippen LogP contribution in [0.2, 0.25) is 0 Å². The van der Waals surface area contributed by atoms with E-state index in [-0.39, 0.29) is 23.2 Å². The van der Waals surface area contributed by atoms with Crippen molar-refractivity contribution in [3.8, 4) is 0 Å². The predicted molar refractivity (Wildman–Crippen MR) is 102 cm³/mol. The van der Waals surface area contributed by atoms with Crippen LogP contribution in [-0.2, 0) is 10.0 Å². The SMILES string of the molecule is Cl.O=C(c1cccc(S(=O)(=O)NCC2CC2)c1)N1CCC2CCC(C1)N2. The van der Waals surface area contributed by atoms with Gasteiger partial charge in [0.05, 0.1) is 4.90 Å². The molecule has 0 radical (unpaired) electrons. The van der Waals surface area contributed by atoms with E-state index in [9.17, 15) is 13.2 Å². The standard InChI is InChI=1S/C18H25N3O3S.ClH/c22-18(21-9-8-15-6-7-16(12-21)20-15)14-2-1-3-17(10-14)25(23,24)19-11-13-4-5-13;/h1-3,10,13,15-16,19-20H,4-9,11-12H2;1H. The summed E-state index contributed by atoms with van der Waals surface area (Å²) in [7, 11) is -3.55. The number of sulfonamides is 1. The predicted octanol–water partition coefficient (Wildman–Crippen LogP) is 1.76. The van der Waals surface area contributed by atoms with Gasteiger partial charge in [0.1, 0.15) is 0 Å². The molecule has 144 valence electrons. The van der Waals surface area contributed by atoms with Crippen LogP contribution in [0.5, 0.6) is 0 Å². The van der Waals surface area contributed by atoms with Crippen LogP contribution >= 0.6 is 12.4 Å². The average molecular weight is 400 g/mol. The molecule has 2 atom stereocenters. The Morgan fingerprint density at radius 2 is 1.92 bits per heavy atom. The first-order valence-corrected chi connectivity index (χ1v) is 10.6. The molecular formula is C18H26ClN3O3S. The highest BCUT2D eigenvalue weighted by Crippen LogP contribution is 2.28. The molecule has 1 amide bonds. The third-order valence-electron chi connectivity index (χ3n) is 5.46. The van der Waals surface area contributed by atoms with Crippen LogP contribution in [0.3, 0.4) is 0 Å². The molecule has 1 aromatic carbocycles. The summed E-state index contributed by atoms with van der Waals surface area (Å²) in [6.45, 7) is 1.91. The Balaban J connectivity index is 0.00000196. The summed E-state index contributed by atoms with van der Waals surface area (Å²) in [5, 5.41) is 3.56. The fourth-order valence-electron chi connectivity index (χ4n) is 3.74. The summed E-state index contributed by atoms with van der Waals surface area (Å²) in [5.41, 5.74) is 0.451. The minimum absolute atomic E-state index is 0. The molecule has 4 rings (SSSR count). The molecule has 1 aliphatic carbocycles. The second-order valence-electron chi connectivity index (χ2n) is 7.50. The lowest BCUT2D eigenvalue weighted by molar-refractivity contribution is 0.0748. The zero-order valence-electron chi connectivity index (χ0n) is 14.7. The quantitative estimate of drug-likeness (QED) is 0.790. The number of carbonyl (C=O) groups is 1. The van der Waals surface area contributed by atoms with Gasteiger partial charge in [0, 0.05) is 37.3 Å². The van der Waals surface area contributed by atoms with Gasteiger partial charge >= 0.3 is 0 Å². The first-order chi connectivity index (χ1) is 12.0. The van der Waals surface area contributed by atoms with E-state index in [2.05, 4.69) is 10.0 Å². The number of carbonyl (C=O) groups excluding carboxylic acids is 1. The van der Waals surface area contributed by atoms with Gasteiger partial charge in [-0.1, -0.05) is 6.07 Å². The second kappa shape index (κ2) is 7.84. The van der Waals surface area contributed by atoms with Crippen LogP contribution in [0, 0.1) is 5.92 Å². The molecule has 3 fully saturated rings. The third kappa shape index (κ3) is 4.39. The van der Waals surface area contributed by atoms with E-state index >= 15 is 0 Å². The van der Waals surface area contributed by atoms with Crippen molar-refractivity contribution < 1.29 is 13.2 Å². The van der Waals surface area contributed by atoms with Crippen molar-refractivity contribution in [1.82, 2.24) is 14.9 Å². The van der Waals surface area contributed by atoms with Gasteiger partial charge in [-0.15, -0.1) is 12.4 Å². The van der Waals surface area contributed by atoms with E-state index < -0.39 is 10.0 Å². The number of likely N-dealkylation sites (tertiary alicyclic amines) is 1. The fourth-order valence-corrected chi connectivity index (χ4v) is 4.90. The Morgan fingerprint density at radius 3 is 2.69 bits per heavy atom. The first kappa shape index (κ1) is 19.6. The van der Waals surface area contributed by atoms with Crippen LogP contribution < -0.4 is 10.0 Å². The van der Waals surface area contributed by atoms with E-state index in [0.29, 0.717) is 36.7 Å². The van der Waals surface area contributed by atoms with E-state index in [1.807, 2.05) is 4.90 Å². The number of hydrogen-bond acceptors (Lipinski definition) is 4. The topological polar surface area (TPSA) is 78.5 Å². The van der Waals surface area contributed by atoms with Crippen molar-refractivity contribution in [1.29, 1.82) is 0 Å². The molecule has 0 spiro atoms. The van der Waals surface area contributed by atoms with Gasteiger partial charge < -0.3 is 10.2 Å². The van der Waals surface area contributed by atoms with Gasteiger partial charge in [0.2, 0.25) is 10.0 Å². The molecule has 8 heteroatoms. The zero-order valence-corrected chi connectivity index (χ0v) is 16.3. The summed E-state index contributed by atoms with van der Waals surface area (Å²) >= 11 is 0. The number of halogens is 1. The van der Waals surface area contributed by atoms with E-state index in [4.69, 9.17) is 0 Å². The van der Waals surface area contributed by atoms with Gasteiger partial charge in [-0.3, -0.25) is 4.79 Å². The van der Waals surface area contributed by atoms with Crippen molar-refractivity contribution in [2.45, 2.75) is 49.1 Å². The van der Waals surface area contributed by atoms with Crippen molar-refractivity contribution in [3.63, 3.8) is 0 Å². The van der Waals surface area contributed by atoms with E-state index in [1.165, 1.54) is 12.5 Å². The number of nitrogens with one attached hydrogen (secondary N) is 2. The molecule has 26 heavy (non-hydrogen) atoms. The Bertz CT molecular complexity index is 767. The molecule has 0 aromatic heterocycles. The second-order valence-corrected chi connectivity index (χ2v) is 9.27. The average Bonchev–Trinajstić information content (AvgIpc) is 3.36. The van der Waals surface area contributed by atoms with Gasteiger partial charge in [0.15, 0.2) is 0 Å². The zero-order chi connectivity index (χ0) is 17.4. The monoisotopic (exact) mass is 399 g/mol. The molecule has 1 saturated carbocycles. The lowest BCUT2D eigenvalue weighted by atomic mass is 10.1. The highest BCUT2D eigenvalue weighted by Gasteiger charge is 2.32. The number of rotatable bonds is 5. The van der Waals surface area contributed by atoms with Crippen molar-refractivity contribution >= 4 is 28.3 Å². The Morgan fingerprint density at radius 1 is 1.15 bits per heavy atom. The largest absolute Gasteiger partial charge is 0.337 e. The lowest BCUT2D eigenvalue weighted by Gasteiger charge is -2.24. The molecule has 2 heterocycles. The summed E-state index contributed by atoms with van der Waals surface area (Å²) in [5.74, 6) is 0.396. The number of benzene rings is 1. The third-order valence-corrected chi connectivity index (χ3v) is 6.88. The molecule has 2 bridgehead atoms. The molecule has 3 aliphatic rings. The van der Waals surface area contributed by atoms with E-state index in [1.54, 1.807) is 18.2 Å². The van der Waals surface area contributed by atoms with Gasteiger partial charge in [0.25, 0.3) is 5.91 Å². The number of amides is 1. The van der Waals surface area contributed by atoms with Crippen LogP contribution in [0.4, 0.5) is 0 Å². The summed E-state index contributed by atoms with van der Waals surface area (Å²) in [4.78, 5) is 14.9. The first-order valence-electron chi connectivity index (χ1n) is 9.16. The molecule has 6 nitrogen and oxygen atoms in total. The van der Waals surface area contributed by atoms with Crippen molar-refractivity contribution in [2.75, 3.05) is 19.6 Å². The lowest BCUT2D eigenvalue weighted by Crippen LogP contribution is -2.39. The van der Waals surface area contributed by atoms with Crippen LogP contribution in [-0.4, -0.2) is 50.9 Å². The van der Waals surface area contributed by atoms with Crippen molar-refractivity contribution in [3.05, 3.63) is 29.8 Å². The molecular weight excluding hydrogens is 374 g/mol. The minimum atomic E-state index is -3.55. The summed E-state index contributed by atoms with van der Waals surface area (Å²) in [6, 6.07) is 7.30. The molecule has 2 unspecified atom stereocenters. The van der Waals surface area contributed by atoms with Gasteiger partial charge in [-0.2, -0.15) is 0 Å². The Hall–Kier alpha value is -1.15. The number of fused-ring (bicyclic) bond motifs is 2. The van der Waals surface area contributed by atoms with Crippen LogP contribution in [0.1, 0.15) is 42.5 Å². The smallest absolute Gasteiger partial charge is 0.253 e. The maximum atomic E-state index is 12.9. The van der Waals surface area contributed by atoms with E-state index in [0.717, 1.165) is 32.2 Å². The molecule has 2 N–H and O–H groups in total. The van der Waals surface area contributed by atoms with Crippen molar-refractivity contribution in [2.24, 2.45) is 5.92 Å². The van der Waals surface area contributed by atoms with Crippen LogP contribution in [0.25, 0.3) is 0 Å². The Kier molecular flexibility index (Phi) is 5.91. The van der Waals surface area contributed by atoms with Gasteiger partial charge in [-0.05, 0) is 56.2 Å². The molecule has 1 aromatic rings. The minimum Gasteiger partial charge on any atom is -0.337 e. The summed E-state index contributed by atoms with van der Waals surface area (Å²) in [6.07, 6.45) is 5.43. The maximum absolute atomic E-state index is 12.9. The number of hydrogen-bond donors (Lipinski definition) is 2. The normalized spacial score (nSPS) is 25.5. The molecule has 2 saturated heterocycles. The highest BCUT2D eigenvalue weighted by atomic mass is 35.5. The number of nitrogens with zero attached hydrogens (tertiary/aromatic N) is 1. The van der Waals surface area contributed by atoms with Crippen LogP contribution in [0.15, 0.2) is 29.2 Å².